The number of hydrogen-bond donors (Lipinski definition) is 1. The Hall–Kier alpha value is -1.61. The van der Waals surface area contributed by atoms with Crippen molar-refractivity contribution in [1.29, 1.82) is 0 Å². The minimum atomic E-state index is 0.178. The van der Waals surface area contributed by atoms with E-state index < -0.39 is 0 Å². The van der Waals surface area contributed by atoms with E-state index >= 15 is 0 Å². The van der Waals surface area contributed by atoms with Crippen molar-refractivity contribution in [2.45, 2.75) is 18.9 Å². The number of rotatable bonds is 1. The van der Waals surface area contributed by atoms with E-state index in [9.17, 15) is 0 Å². The summed E-state index contributed by atoms with van der Waals surface area (Å²) in [5.74, 6) is 0. The molecular formula is C12H13N3. The minimum absolute atomic E-state index is 0.178. The molecule has 0 aliphatic heterocycles. The Balaban J connectivity index is 2.12. The van der Waals surface area contributed by atoms with E-state index in [1.165, 1.54) is 11.3 Å². The summed E-state index contributed by atoms with van der Waals surface area (Å²) in [6, 6.07) is 10.4. The van der Waals surface area contributed by atoms with Gasteiger partial charge >= 0.3 is 0 Å². The number of nitrogens with two attached hydrogens (primary N) is 1. The number of hydrogen-bond acceptors (Lipinski definition) is 2. The zero-order valence-corrected chi connectivity index (χ0v) is 8.43. The van der Waals surface area contributed by atoms with Gasteiger partial charge in [0.1, 0.15) is 0 Å². The van der Waals surface area contributed by atoms with Crippen LogP contribution in [-0.2, 0) is 6.42 Å². The van der Waals surface area contributed by atoms with Crippen molar-refractivity contribution in [3.63, 3.8) is 0 Å². The Bertz CT molecular complexity index is 473. The molecule has 0 saturated carbocycles. The fourth-order valence-electron chi connectivity index (χ4n) is 2.19. The Morgan fingerprint density at radius 2 is 2.07 bits per heavy atom. The first-order valence-corrected chi connectivity index (χ1v) is 5.24. The third-order valence-corrected chi connectivity index (χ3v) is 2.99. The van der Waals surface area contributed by atoms with Crippen LogP contribution in [0.5, 0.6) is 0 Å². The van der Waals surface area contributed by atoms with Crippen LogP contribution in [0, 0.1) is 0 Å². The lowest BCUT2D eigenvalue weighted by atomic mass is 10.2. The van der Waals surface area contributed by atoms with Gasteiger partial charge in [-0.1, -0.05) is 18.2 Å². The second-order valence-corrected chi connectivity index (χ2v) is 3.94. The van der Waals surface area contributed by atoms with Crippen LogP contribution in [0.4, 0.5) is 0 Å². The monoisotopic (exact) mass is 199 g/mol. The summed E-state index contributed by atoms with van der Waals surface area (Å²) in [4.78, 5) is 0. The first-order valence-electron chi connectivity index (χ1n) is 5.24. The van der Waals surface area contributed by atoms with Crippen molar-refractivity contribution >= 4 is 0 Å². The molecule has 0 fully saturated rings. The maximum atomic E-state index is 5.98. The molecular weight excluding hydrogens is 186 g/mol. The molecule has 0 bridgehead atoms. The zero-order valence-electron chi connectivity index (χ0n) is 8.43. The quantitative estimate of drug-likeness (QED) is 0.761. The SMILES string of the molecule is NC1CCc2c1cnn2-c1ccccc1. The Kier molecular flexibility index (Phi) is 1.86. The Labute approximate surface area is 88.5 Å². The first-order chi connectivity index (χ1) is 7.36. The molecule has 0 saturated heterocycles. The molecule has 76 valence electrons. The summed E-state index contributed by atoms with van der Waals surface area (Å²) in [6.45, 7) is 0. The largest absolute Gasteiger partial charge is 0.324 e. The molecule has 1 unspecified atom stereocenters. The van der Waals surface area contributed by atoms with Crippen LogP contribution in [0.25, 0.3) is 5.69 Å². The lowest BCUT2D eigenvalue weighted by Gasteiger charge is -2.04. The third-order valence-electron chi connectivity index (χ3n) is 2.99. The highest BCUT2D eigenvalue weighted by molar-refractivity contribution is 5.37. The molecule has 1 aliphatic carbocycles. The smallest absolute Gasteiger partial charge is 0.0648 e. The second kappa shape index (κ2) is 3.21. The van der Waals surface area contributed by atoms with E-state index in [0.29, 0.717) is 0 Å². The van der Waals surface area contributed by atoms with Gasteiger partial charge in [0.15, 0.2) is 0 Å². The van der Waals surface area contributed by atoms with Gasteiger partial charge < -0.3 is 5.73 Å². The maximum Gasteiger partial charge on any atom is 0.0648 e. The van der Waals surface area contributed by atoms with E-state index in [-0.39, 0.29) is 6.04 Å². The van der Waals surface area contributed by atoms with Crippen molar-refractivity contribution in [1.82, 2.24) is 9.78 Å². The van der Waals surface area contributed by atoms with Crippen molar-refractivity contribution in [3.8, 4) is 5.69 Å². The van der Waals surface area contributed by atoms with Gasteiger partial charge in [0.25, 0.3) is 0 Å². The van der Waals surface area contributed by atoms with Crippen LogP contribution in [-0.4, -0.2) is 9.78 Å². The first kappa shape index (κ1) is 8.68. The second-order valence-electron chi connectivity index (χ2n) is 3.94. The molecule has 3 heteroatoms. The summed E-state index contributed by atoms with van der Waals surface area (Å²) in [5.41, 5.74) is 9.58. The number of aromatic nitrogens is 2. The normalized spacial score (nSPS) is 19.1. The van der Waals surface area contributed by atoms with Crippen molar-refractivity contribution < 1.29 is 0 Å². The molecule has 2 N–H and O–H groups in total. The Morgan fingerprint density at radius 1 is 1.27 bits per heavy atom. The molecule has 1 aliphatic rings. The molecule has 15 heavy (non-hydrogen) atoms. The van der Waals surface area contributed by atoms with E-state index in [4.69, 9.17) is 5.73 Å². The fourth-order valence-corrected chi connectivity index (χ4v) is 2.19. The summed E-state index contributed by atoms with van der Waals surface area (Å²) < 4.78 is 2.00. The highest BCUT2D eigenvalue weighted by Gasteiger charge is 2.23. The third kappa shape index (κ3) is 1.27. The average molecular weight is 199 g/mol. The fraction of sp³-hybridized carbons (Fsp3) is 0.250. The molecule has 1 atom stereocenters. The molecule has 0 radical (unpaired) electrons. The van der Waals surface area contributed by atoms with Crippen LogP contribution >= 0.6 is 0 Å². The van der Waals surface area contributed by atoms with Gasteiger partial charge in [-0.2, -0.15) is 5.10 Å². The number of nitrogens with zero attached hydrogens (tertiary/aromatic N) is 2. The van der Waals surface area contributed by atoms with Gasteiger partial charge in [-0.05, 0) is 25.0 Å². The average Bonchev–Trinajstić information content (AvgIpc) is 2.83. The Morgan fingerprint density at radius 3 is 2.87 bits per heavy atom. The summed E-state index contributed by atoms with van der Waals surface area (Å²) in [7, 11) is 0. The molecule has 2 aromatic rings. The minimum Gasteiger partial charge on any atom is -0.324 e. The van der Waals surface area contributed by atoms with Gasteiger partial charge in [-0.15, -0.1) is 0 Å². The van der Waals surface area contributed by atoms with Crippen LogP contribution in [0.2, 0.25) is 0 Å². The predicted molar refractivity (Wildman–Crippen MR) is 58.8 cm³/mol. The highest BCUT2D eigenvalue weighted by Crippen LogP contribution is 2.30. The van der Waals surface area contributed by atoms with Gasteiger partial charge in [0.05, 0.1) is 11.9 Å². The number of para-hydroxylation sites is 1. The van der Waals surface area contributed by atoms with Crippen LogP contribution in [0.15, 0.2) is 36.5 Å². The highest BCUT2D eigenvalue weighted by atomic mass is 15.3. The molecule has 3 rings (SSSR count). The standard InChI is InChI=1S/C12H13N3/c13-11-6-7-12-10(11)8-14-15(12)9-4-2-1-3-5-9/h1-5,8,11H,6-7,13H2. The number of fused-ring (bicyclic) bond motifs is 1. The lowest BCUT2D eigenvalue weighted by molar-refractivity contribution is 0.692. The molecule has 1 aromatic heterocycles. The van der Waals surface area contributed by atoms with E-state index in [2.05, 4.69) is 17.2 Å². The van der Waals surface area contributed by atoms with E-state index in [1.54, 1.807) is 0 Å². The van der Waals surface area contributed by atoms with Gasteiger partial charge in [-0.3, -0.25) is 0 Å². The van der Waals surface area contributed by atoms with Crippen molar-refractivity contribution in [2.75, 3.05) is 0 Å². The van der Waals surface area contributed by atoms with Crippen LogP contribution in [0.1, 0.15) is 23.7 Å². The molecule has 0 amide bonds. The van der Waals surface area contributed by atoms with Crippen molar-refractivity contribution in [3.05, 3.63) is 47.8 Å². The molecule has 3 nitrogen and oxygen atoms in total. The zero-order chi connectivity index (χ0) is 10.3. The van der Waals surface area contributed by atoms with Crippen LogP contribution in [0.3, 0.4) is 0 Å². The van der Waals surface area contributed by atoms with E-state index in [0.717, 1.165) is 18.5 Å². The summed E-state index contributed by atoms with van der Waals surface area (Å²) >= 11 is 0. The summed E-state index contributed by atoms with van der Waals surface area (Å²) in [5, 5.41) is 4.40. The van der Waals surface area contributed by atoms with Gasteiger partial charge in [0.2, 0.25) is 0 Å². The molecule has 0 spiro atoms. The molecule has 1 aromatic carbocycles. The lowest BCUT2D eigenvalue weighted by Crippen LogP contribution is -2.03. The summed E-state index contributed by atoms with van der Waals surface area (Å²) in [6.07, 6.45) is 3.98. The van der Waals surface area contributed by atoms with Gasteiger partial charge in [0, 0.05) is 17.3 Å². The number of benzene rings is 1. The van der Waals surface area contributed by atoms with Gasteiger partial charge in [-0.25, -0.2) is 4.68 Å². The maximum absolute atomic E-state index is 5.98. The predicted octanol–water partition coefficient (Wildman–Crippen LogP) is 1.82. The van der Waals surface area contributed by atoms with E-state index in [1.807, 2.05) is 29.1 Å². The molecule has 1 heterocycles. The van der Waals surface area contributed by atoms with Crippen LogP contribution < -0.4 is 5.73 Å². The van der Waals surface area contributed by atoms with Crippen molar-refractivity contribution in [2.24, 2.45) is 5.73 Å². The topological polar surface area (TPSA) is 43.8 Å².